The molecule has 0 aromatic heterocycles. The van der Waals surface area contributed by atoms with Crippen molar-refractivity contribution in [1.29, 1.82) is 0 Å². The largest absolute Gasteiger partial charge is 0.388 e. The highest BCUT2D eigenvalue weighted by Crippen LogP contribution is 2.14. The fourth-order valence-electron chi connectivity index (χ4n) is 1.59. The van der Waals surface area contributed by atoms with Crippen molar-refractivity contribution in [2.75, 3.05) is 13.1 Å². The van der Waals surface area contributed by atoms with Gasteiger partial charge in [-0.2, -0.15) is 0 Å². The van der Waals surface area contributed by atoms with Crippen LogP contribution in [0.1, 0.15) is 36.7 Å². The van der Waals surface area contributed by atoms with Gasteiger partial charge in [-0.15, -0.1) is 0 Å². The van der Waals surface area contributed by atoms with Crippen LogP contribution in [0.15, 0.2) is 24.3 Å². The molecule has 3 N–H and O–H groups in total. The Morgan fingerprint density at radius 2 is 1.95 bits per heavy atom. The van der Waals surface area contributed by atoms with Gasteiger partial charge in [0.1, 0.15) is 0 Å². The molecule has 1 aromatic rings. The number of carbonyl (C=O) groups is 2. The first-order valence-corrected chi connectivity index (χ1v) is 7.06. The van der Waals surface area contributed by atoms with Gasteiger partial charge in [0.2, 0.25) is 5.91 Å². The molecule has 1 unspecified atom stereocenters. The van der Waals surface area contributed by atoms with Crippen LogP contribution >= 0.6 is 0 Å². The van der Waals surface area contributed by atoms with E-state index in [2.05, 4.69) is 10.6 Å². The topological polar surface area (TPSA) is 78.4 Å². The van der Waals surface area contributed by atoms with Crippen LogP contribution in [0.3, 0.4) is 0 Å². The van der Waals surface area contributed by atoms with Crippen molar-refractivity contribution in [1.82, 2.24) is 10.6 Å². The minimum absolute atomic E-state index is 0.0275. The van der Waals surface area contributed by atoms with Gasteiger partial charge < -0.3 is 15.7 Å². The molecule has 0 saturated heterocycles. The number of carbonyl (C=O) groups excluding carboxylic acids is 2. The van der Waals surface area contributed by atoms with Gasteiger partial charge in [-0.3, -0.25) is 9.59 Å². The van der Waals surface area contributed by atoms with Crippen LogP contribution in [0.25, 0.3) is 0 Å². The van der Waals surface area contributed by atoms with Gasteiger partial charge in [-0.05, 0) is 31.9 Å². The van der Waals surface area contributed by atoms with E-state index in [1.807, 2.05) is 26.8 Å². The molecule has 5 heteroatoms. The summed E-state index contributed by atoms with van der Waals surface area (Å²) in [7, 11) is 0. The van der Waals surface area contributed by atoms with Gasteiger partial charge in [0, 0.05) is 12.1 Å². The summed E-state index contributed by atoms with van der Waals surface area (Å²) in [5.41, 5.74) is 0.549. The van der Waals surface area contributed by atoms with Crippen LogP contribution in [0.4, 0.5) is 0 Å². The highest BCUT2D eigenvalue weighted by atomic mass is 16.3. The highest BCUT2D eigenvalue weighted by Gasteiger charge is 2.25. The second-order valence-electron chi connectivity index (χ2n) is 5.84. The van der Waals surface area contributed by atoms with Gasteiger partial charge in [0.05, 0.1) is 12.1 Å². The number of aliphatic hydroxyl groups is 1. The van der Waals surface area contributed by atoms with Gasteiger partial charge >= 0.3 is 0 Å². The average Bonchev–Trinajstić information content (AvgIpc) is 2.42. The fraction of sp³-hybridized carbons (Fsp3) is 0.500. The Morgan fingerprint density at radius 1 is 1.29 bits per heavy atom. The molecule has 0 spiro atoms. The molecule has 0 bridgehead atoms. The number of benzene rings is 1. The lowest BCUT2D eigenvalue weighted by atomic mass is 9.92. The van der Waals surface area contributed by atoms with Crippen LogP contribution in [0, 0.1) is 12.8 Å². The Bertz CT molecular complexity index is 510. The lowest BCUT2D eigenvalue weighted by molar-refractivity contribution is -0.121. The Labute approximate surface area is 125 Å². The van der Waals surface area contributed by atoms with Crippen LogP contribution in [-0.4, -0.2) is 35.6 Å². The quantitative estimate of drug-likeness (QED) is 0.738. The molecular weight excluding hydrogens is 268 g/mol. The zero-order valence-corrected chi connectivity index (χ0v) is 13.1. The van der Waals surface area contributed by atoms with Crippen molar-refractivity contribution in [2.45, 2.75) is 33.3 Å². The molecule has 0 saturated carbocycles. The van der Waals surface area contributed by atoms with Crippen molar-refractivity contribution in [3.8, 4) is 0 Å². The van der Waals surface area contributed by atoms with Crippen LogP contribution < -0.4 is 10.6 Å². The highest BCUT2D eigenvalue weighted by molar-refractivity contribution is 5.96. The molecule has 21 heavy (non-hydrogen) atoms. The molecule has 0 aliphatic rings. The van der Waals surface area contributed by atoms with Crippen LogP contribution in [-0.2, 0) is 4.79 Å². The summed E-state index contributed by atoms with van der Waals surface area (Å²) in [6, 6.07) is 7.15. The van der Waals surface area contributed by atoms with Gasteiger partial charge in [-0.25, -0.2) is 0 Å². The number of hydrogen-bond acceptors (Lipinski definition) is 3. The monoisotopic (exact) mass is 292 g/mol. The SMILES string of the molecule is Cc1cccc(C(=O)NCC(=O)NCC(C)(O)C(C)C)c1. The summed E-state index contributed by atoms with van der Waals surface area (Å²) in [5, 5.41) is 15.2. The molecule has 1 rings (SSSR count). The second-order valence-corrected chi connectivity index (χ2v) is 5.84. The maximum atomic E-state index is 11.9. The summed E-state index contributed by atoms with van der Waals surface area (Å²) in [6.45, 7) is 7.38. The first-order valence-electron chi connectivity index (χ1n) is 7.06. The van der Waals surface area contributed by atoms with Crippen molar-refractivity contribution < 1.29 is 14.7 Å². The second kappa shape index (κ2) is 7.22. The smallest absolute Gasteiger partial charge is 0.251 e. The van der Waals surface area contributed by atoms with Crippen molar-refractivity contribution in [2.24, 2.45) is 5.92 Å². The normalized spacial score (nSPS) is 13.6. The minimum Gasteiger partial charge on any atom is -0.388 e. The number of hydrogen-bond donors (Lipinski definition) is 3. The van der Waals surface area contributed by atoms with E-state index in [4.69, 9.17) is 0 Å². The zero-order valence-electron chi connectivity index (χ0n) is 13.1. The summed E-state index contributed by atoms with van der Waals surface area (Å²) >= 11 is 0. The number of rotatable bonds is 6. The third kappa shape index (κ3) is 5.55. The van der Waals surface area contributed by atoms with Crippen LogP contribution in [0.2, 0.25) is 0 Å². The summed E-state index contributed by atoms with van der Waals surface area (Å²) in [4.78, 5) is 23.5. The third-order valence-electron chi connectivity index (χ3n) is 3.58. The van der Waals surface area contributed by atoms with E-state index >= 15 is 0 Å². The van der Waals surface area contributed by atoms with Gasteiger partial charge in [0.15, 0.2) is 0 Å². The molecule has 0 radical (unpaired) electrons. The van der Waals surface area contributed by atoms with Gasteiger partial charge in [-0.1, -0.05) is 31.5 Å². The Kier molecular flexibility index (Phi) is 5.90. The number of nitrogens with one attached hydrogen (secondary N) is 2. The first kappa shape index (κ1) is 17.2. The van der Waals surface area contributed by atoms with E-state index in [9.17, 15) is 14.7 Å². The molecule has 0 aliphatic heterocycles. The molecular formula is C16H24N2O3. The Morgan fingerprint density at radius 3 is 2.52 bits per heavy atom. The maximum absolute atomic E-state index is 11.9. The third-order valence-corrected chi connectivity index (χ3v) is 3.58. The Hall–Kier alpha value is -1.88. The van der Waals surface area contributed by atoms with Crippen molar-refractivity contribution in [3.63, 3.8) is 0 Å². The van der Waals surface area contributed by atoms with E-state index in [1.54, 1.807) is 25.1 Å². The predicted molar refractivity (Wildman–Crippen MR) is 82.0 cm³/mol. The van der Waals surface area contributed by atoms with E-state index in [-0.39, 0.29) is 30.8 Å². The molecule has 2 amide bonds. The van der Waals surface area contributed by atoms with E-state index < -0.39 is 5.60 Å². The van der Waals surface area contributed by atoms with E-state index in [1.165, 1.54) is 0 Å². The standard InChI is InChI=1S/C16H24N2O3/c1-11(2)16(4,21)10-18-14(19)9-17-15(20)13-7-5-6-12(3)8-13/h5-8,11,21H,9-10H2,1-4H3,(H,17,20)(H,18,19). The van der Waals surface area contributed by atoms with Gasteiger partial charge in [0.25, 0.3) is 5.91 Å². The average molecular weight is 292 g/mol. The molecule has 0 aliphatic carbocycles. The van der Waals surface area contributed by atoms with E-state index in [0.29, 0.717) is 5.56 Å². The molecule has 1 aromatic carbocycles. The minimum atomic E-state index is -0.962. The lowest BCUT2D eigenvalue weighted by Crippen LogP contribution is -2.47. The summed E-state index contributed by atoms with van der Waals surface area (Å²) in [5.74, 6) is -0.582. The van der Waals surface area contributed by atoms with Crippen molar-refractivity contribution >= 4 is 11.8 Å². The Balaban J connectivity index is 2.41. The lowest BCUT2D eigenvalue weighted by Gasteiger charge is -2.27. The molecule has 116 valence electrons. The molecule has 0 fully saturated rings. The summed E-state index contributed by atoms with van der Waals surface area (Å²) in [6.07, 6.45) is 0. The molecule has 0 heterocycles. The zero-order chi connectivity index (χ0) is 16.0. The van der Waals surface area contributed by atoms with Crippen molar-refractivity contribution in [3.05, 3.63) is 35.4 Å². The van der Waals surface area contributed by atoms with E-state index in [0.717, 1.165) is 5.56 Å². The predicted octanol–water partition coefficient (Wildman–Crippen LogP) is 1.25. The number of aryl methyl sites for hydroxylation is 1. The van der Waals surface area contributed by atoms with Crippen LogP contribution in [0.5, 0.6) is 0 Å². The molecule has 5 nitrogen and oxygen atoms in total. The fourth-order valence-corrected chi connectivity index (χ4v) is 1.59. The number of amides is 2. The summed E-state index contributed by atoms with van der Waals surface area (Å²) < 4.78 is 0. The first-order chi connectivity index (χ1) is 9.72. The molecule has 1 atom stereocenters. The maximum Gasteiger partial charge on any atom is 0.251 e.